The van der Waals surface area contributed by atoms with Crippen LogP contribution in [0.5, 0.6) is 0 Å². The van der Waals surface area contributed by atoms with E-state index in [1.54, 1.807) is 5.57 Å². The number of hydrogen-bond donors (Lipinski definition) is 1. The van der Waals surface area contributed by atoms with E-state index >= 15 is 0 Å². The van der Waals surface area contributed by atoms with Gasteiger partial charge in [-0.1, -0.05) is 48.4 Å². The van der Waals surface area contributed by atoms with Gasteiger partial charge in [-0.15, -0.1) is 0 Å². The summed E-state index contributed by atoms with van der Waals surface area (Å²) in [5.74, 6) is 0. The lowest BCUT2D eigenvalue weighted by molar-refractivity contribution is 0.552. The lowest BCUT2D eigenvalue weighted by Gasteiger charge is -2.20. The predicted octanol–water partition coefficient (Wildman–Crippen LogP) is 4.02. The Labute approximate surface area is 111 Å². The van der Waals surface area contributed by atoms with Crippen LogP contribution in [0.25, 0.3) is 0 Å². The van der Waals surface area contributed by atoms with Gasteiger partial charge in [0, 0.05) is 6.04 Å². The van der Waals surface area contributed by atoms with Crippen molar-refractivity contribution in [1.29, 1.82) is 0 Å². The lowest BCUT2D eigenvalue weighted by Crippen LogP contribution is -2.33. The minimum Gasteiger partial charge on any atom is -0.310 e. The summed E-state index contributed by atoms with van der Waals surface area (Å²) in [4.78, 5) is 0. The fourth-order valence-electron chi connectivity index (χ4n) is 2.62. The summed E-state index contributed by atoms with van der Waals surface area (Å²) in [6.45, 7) is 5.50. The molecule has 1 N–H and O–H groups in total. The standard InChI is InChI=1S/C17H25N/c1-3-12-18-17(16-6-4-5-7-16)13-15-10-8-14(2)9-11-15/h6,8-11,17-18H,3-5,7,12-13H2,1-2H3. The van der Waals surface area contributed by atoms with Crippen molar-refractivity contribution in [3.05, 3.63) is 47.0 Å². The van der Waals surface area contributed by atoms with Gasteiger partial charge in [-0.3, -0.25) is 0 Å². The van der Waals surface area contributed by atoms with Crippen molar-refractivity contribution in [2.24, 2.45) is 0 Å². The molecule has 0 saturated carbocycles. The second-order valence-electron chi connectivity index (χ2n) is 5.37. The highest BCUT2D eigenvalue weighted by Gasteiger charge is 2.16. The van der Waals surface area contributed by atoms with E-state index in [1.165, 1.54) is 36.8 Å². The van der Waals surface area contributed by atoms with E-state index in [-0.39, 0.29) is 0 Å². The Bertz CT molecular complexity index is 389. The maximum Gasteiger partial charge on any atom is 0.0320 e. The topological polar surface area (TPSA) is 12.0 Å². The molecule has 0 saturated heterocycles. The number of benzene rings is 1. The molecule has 0 heterocycles. The molecular formula is C17H25N. The molecule has 0 bridgehead atoms. The van der Waals surface area contributed by atoms with Crippen molar-refractivity contribution >= 4 is 0 Å². The fraction of sp³-hybridized carbons (Fsp3) is 0.529. The first-order valence-electron chi connectivity index (χ1n) is 7.27. The molecule has 1 nitrogen and oxygen atoms in total. The first-order valence-corrected chi connectivity index (χ1v) is 7.27. The molecule has 0 aromatic heterocycles. The first kappa shape index (κ1) is 13.4. The van der Waals surface area contributed by atoms with Crippen LogP contribution in [0.2, 0.25) is 0 Å². The lowest BCUT2D eigenvalue weighted by atomic mass is 9.97. The minimum absolute atomic E-state index is 0.551. The van der Waals surface area contributed by atoms with Gasteiger partial charge in [0.05, 0.1) is 0 Å². The van der Waals surface area contributed by atoms with E-state index in [1.807, 2.05) is 0 Å². The highest BCUT2D eigenvalue weighted by atomic mass is 14.9. The Kier molecular flexibility index (Phi) is 5.00. The Morgan fingerprint density at radius 1 is 1.22 bits per heavy atom. The molecule has 0 amide bonds. The zero-order chi connectivity index (χ0) is 12.8. The van der Waals surface area contributed by atoms with E-state index in [9.17, 15) is 0 Å². The van der Waals surface area contributed by atoms with E-state index in [4.69, 9.17) is 0 Å². The maximum atomic E-state index is 3.71. The van der Waals surface area contributed by atoms with Crippen molar-refractivity contribution in [3.8, 4) is 0 Å². The van der Waals surface area contributed by atoms with Crippen LogP contribution in [0.3, 0.4) is 0 Å². The van der Waals surface area contributed by atoms with Crippen LogP contribution in [-0.2, 0) is 6.42 Å². The first-order chi connectivity index (χ1) is 8.79. The molecule has 2 rings (SSSR count). The normalized spacial score (nSPS) is 16.7. The van der Waals surface area contributed by atoms with Gasteiger partial charge in [-0.2, -0.15) is 0 Å². The average Bonchev–Trinajstić information content (AvgIpc) is 2.90. The van der Waals surface area contributed by atoms with Gasteiger partial charge in [-0.05, 0) is 51.1 Å². The number of aryl methyl sites for hydroxylation is 1. The molecule has 1 heteroatoms. The third-order valence-corrected chi connectivity index (χ3v) is 3.72. The van der Waals surface area contributed by atoms with Crippen molar-refractivity contribution in [2.75, 3.05) is 6.54 Å². The van der Waals surface area contributed by atoms with Crippen molar-refractivity contribution < 1.29 is 0 Å². The van der Waals surface area contributed by atoms with E-state index in [0.29, 0.717) is 6.04 Å². The van der Waals surface area contributed by atoms with Gasteiger partial charge in [0.25, 0.3) is 0 Å². The Hall–Kier alpha value is -1.08. The number of allylic oxidation sites excluding steroid dienone is 1. The third-order valence-electron chi connectivity index (χ3n) is 3.72. The summed E-state index contributed by atoms with van der Waals surface area (Å²) in [5.41, 5.74) is 4.42. The van der Waals surface area contributed by atoms with E-state index in [2.05, 4.69) is 49.5 Å². The summed E-state index contributed by atoms with van der Waals surface area (Å²) in [6.07, 6.45) is 8.68. The molecule has 98 valence electrons. The van der Waals surface area contributed by atoms with E-state index < -0.39 is 0 Å². The molecule has 0 fully saturated rings. The van der Waals surface area contributed by atoms with Crippen LogP contribution < -0.4 is 5.32 Å². The molecular weight excluding hydrogens is 218 g/mol. The monoisotopic (exact) mass is 243 g/mol. The van der Waals surface area contributed by atoms with Gasteiger partial charge in [0.2, 0.25) is 0 Å². The molecule has 1 aliphatic rings. The zero-order valence-corrected chi connectivity index (χ0v) is 11.7. The highest BCUT2D eigenvalue weighted by molar-refractivity contribution is 5.25. The molecule has 18 heavy (non-hydrogen) atoms. The maximum absolute atomic E-state index is 3.71. The van der Waals surface area contributed by atoms with Crippen LogP contribution in [-0.4, -0.2) is 12.6 Å². The summed E-state index contributed by atoms with van der Waals surface area (Å²) in [6, 6.07) is 9.52. The van der Waals surface area contributed by atoms with Gasteiger partial charge < -0.3 is 5.32 Å². The Balaban J connectivity index is 2.01. The molecule has 1 aromatic rings. The van der Waals surface area contributed by atoms with Crippen LogP contribution >= 0.6 is 0 Å². The van der Waals surface area contributed by atoms with Crippen LogP contribution in [0.1, 0.15) is 43.7 Å². The average molecular weight is 243 g/mol. The van der Waals surface area contributed by atoms with Crippen molar-refractivity contribution in [2.45, 2.75) is 52.0 Å². The van der Waals surface area contributed by atoms with Gasteiger partial charge in [-0.25, -0.2) is 0 Å². The van der Waals surface area contributed by atoms with Gasteiger partial charge in [0.1, 0.15) is 0 Å². The molecule has 1 aromatic carbocycles. The fourth-order valence-corrected chi connectivity index (χ4v) is 2.62. The molecule has 0 radical (unpaired) electrons. The Morgan fingerprint density at radius 2 is 2.00 bits per heavy atom. The summed E-state index contributed by atoms with van der Waals surface area (Å²) >= 11 is 0. The van der Waals surface area contributed by atoms with E-state index in [0.717, 1.165) is 13.0 Å². The summed E-state index contributed by atoms with van der Waals surface area (Å²) in [7, 11) is 0. The molecule has 1 unspecified atom stereocenters. The summed E-state index contributed by atoms with van der Waals surface area (Å²) in [5, 5.41) is 3.71. The smallest absolute Gasteiger partial charge is 0.0320 e. The minimum atomic E-state index is 0.551. The third kappa shape index (κ3) is 3.71. The van der Waals surface area contributed by atoms with Gasteiger partial charge >= 0.3 is 0 Å². The second-order valence-corrected chi connectivity index (χ2v) is 5.37. The quantitative estimate of drug-likeness (QED) is 0.744. The zero-order valence-electron chi connectivity index (χ0n) is 11.7. The van der Waals surface area contributed by atoms with Crippen LogP contribution in [0, 0.1) is 6.92 Å². The molecule has 1 atom stereocenters. The Morgan fingerprint density at radius 3 is 2.61 bits per heavy atom. The number of rotatable bonds is 6. The van der Waals surface area contributed by atoms with Gasteiger partial charge in [0.15, 0.2) is 0 Å². The molecule has 0 spiro atoms. The highest BCUT2D eigenvalue weighted by Crippen LogP contribution is 2.23. The van der Waals surface area contributed by atoms with Crippen molar-refractivity contribution in [1.82, 2.24) is 5.32 Å². The number of hydrogen-bond acceptors (Lipinski definition) is 1. The SMILES string of the molecule is CCCNC(Cc1ccc(C)cc1)C1=CCCC1. The second kappa shape index (κ2) is 6.75. The number of nitrogens with one attached hydrogen (secondary N) is 1. The van der Waals surface area contributed by atoms with Crippen LogP contribution in [0.4, 0.5) is 0 Å². The predicted molar refractivity (Wildman–Crippen MR) is 78.9 cm³/mol. The summed E-state index contributed by atoms with van der Waals surface area (Å²) < 4.78 is 0. The van der Waals surface area contributed by atoms with Crippen molar-refractivity contribution in [3.63, 3.8) is 0 Å². The largest absolute Gasteiger partial charge is 0.310 e. The molecule has 1 aliphatic carbocycles. The van der Waals surface area contributed by atoms with Crippen LogP contribution in [0.15, 0.2) is 35.9 Å². The molecule has 0 aliphatic heterocycles.